The van der Waals surface area contributed by atoms with Gasteiger partial charge in [0.25, 0.3) is 16.8 Å². The number of benzene rings is 2. The number of carbonyl (C=O) groups excluding carboxylic acids is 2. The van der Waals surface area contributed by atoms with E-state index in [1.165, 1.54) is 18.2 Å². The number of nitro benzene ring substituents is 1. The van der Waals surface area contributed by atoms with Crippen LogP contribution in [0.1, 0.15) is 11.3 Å². The summed E-state index contributed by atoms with van der Waals surface area (Å²) in [5.74, 6) is 0.469. The standard InChI is InChI=1S/C21H13ClN2O5S/c22-17-4-2-1-3-14(17)12-23-20(25)19(30-21(23)26)11-16-9-10-18(29-16)13-5-7-15(8-6-13)24(27)28/h1-11H,12H2/b19-11+. The number of nitro groups is 1. The normalized spacial score (nSPS) is 15.2. The van der Waals surface area contributed by atoms with Crippen molar-refractivity contribution >= 4 is 46.3 Å². The van der Waals surface area contributed by atoms with E-state index in [9.17, 15) is 19.7 Å². The van der Waals surface area contributed by atoms with Gasteiger partial charge in [-0.05, 0) is 47.7 Å². The number of non-ortho nitro benzene ring substituents is 1. The predicted molar refractivity (Wildman–Crippen MR) is 114 cm³/mol. The van der Waals surface area contributed by atoms with Gasteiger partial charge in [0.1, 0.15) is 11.5 Å². The number of imide groups is 1. The summed E-state index contributed by atoms with van der Waals surface area (Å²) in [5, 5.41) is 10.9. The number of carbonyl (C=O) groups is 2. The van der Waals surface area contributed by atoms with E-state index in [0.717, 1.165) is 16.7 Å². The Morgan fingerprint density at radius 1 is 1.07 bits per heavy atom. The van der Waals surface area contributed by atoms with Gasteiger partial charge < -0.3 is 4.42 Å². The molecule has 1 saturated heterocycles. The highest BCUT2D eigenvalue weighted by molar-refractivity contribution is 8.18. The SMILES string of the molecule is O=C1S/C(=C/c2ccc(-c3ccc([N+](=O)[O-])cc3)o2)C(=O)N1Cc1ccccc1Cl. The summed E-state index contributed by atoms with van der Waals surface area (Å²) in [5.41, 5.74) is 1.32. The van der Waals surface area contributed by atoms with Crippen LogP contribution in [0.15, 0.2) is 70.0 Å². The molecule has 2 amide bonds. The van der Waals surface area contributed by atoms with Crippen molar-refractivity contribution < 1.29 is 18.9 Å². The lowest BCUT2D eigenvalue weighted by atomic mass is 10.1. The third-order valence-electron chi connectivity index (χ3n) is 4.42. The molecule has 9 heteroatoms. The van der Waals surface area contributed by atoms with E-state index in [2.05, 4.69) is 0 Å². The zero-order valence-electron chi connectivity index (χ0n) is 15.3. The number of hydrogen-bond donors (Lipinski definition) is 0. The van der Waals surface area contributed by atoms with E-state index in [-0.39, 0.29) is 22.4 Å². The summed E-state index contributed by atoms with van der Waals surface area (Å²) in [6.07, 6.45) is 1.51. The van der Waals surface area contributed by atoms with Gasteiger partial charge in [0.05, 0.1) is 16.4 Å². The molecule has 0 spiro atoms. The lowest BCUT2D eigenvalue weighted by molar-refractivity contribution is -0.384. The van der Waals surface area contributed by atoms with E-state index >= 15 is 0 Å². The van der Waals surface area contributed by atoms with Crippen LogP contribution in [-0.2, 0) is 11.3 Å². The summed E-state index contributed by atoms with van der Waals surface area (Å²) < 4.78 is 5.73. The molecular weight excluding hydrogens is 428 g/mol. The zero-order chi connectivity index (χ0) is 21.3. The van der Waals surface area contributed by atoms with Crippen molar-refractivity contribution in [3.05, 3.63) is 92.0 Å². The molecule has 30 heavy (non-hydrogen) atoms. The topological polar surface area (TPSA) is 93.7 Å². The van der Waals surface area contributed by atoms with Crippen LogP contribution in [0.3, 0.4) is 0 Å². The summed E-state index contributed by atoms with van der Waals surface area (Å²) in [6, 6.07) is 16.3. The summed E-state index contributed by atoms with van der Waals surface area (Å²) in [6.45, 7) is 0.0912. The molecule has 1 fully saturated rings. The van der Waals surface area contributed by atoms with Crippen molar-refractivity contribution in [3.63, 3.8) is 0 Å². The average molecular weight is 441 g/mol. The van der Waals surface area contributed by atoms with Crippen molar-refractivity contribution in [2.24, 2.45) is 0 Å². The molecule has 1 aliphatic heterocycles. The Balaban J connectivity index is 1.53. The third-order valence-corrected chi connectivity index (χ3v) is 5.70. The van der Waals surface area contributed by atoms with Crippen LogP contribution in [0, 0.1) is 10.1 Å². The third kappa shape index (κ3) is 4.00. The number of hydrogen-bond acceptors (Lipinski definition) is 6. The van der Waals surface area contributed by atoms with E-state index in [4.69, 9.17) is 16.0 Å². The van der Waals surface area contributed by atoms with Crippen LogP contribution < -0.4 is 0 Å². The predicted octanol–water partition coefficient (Wildman–Crippen LogP) is 5.74. The van der Waals surface area contributed by atoms with Crippen LogP contribution in [0.4, 0.5) is 10.5 Å². The molecule has 0 atom stereocenters. The van der Waals surface area contributed by atoms with Gasteiger partial charge >= 0.3 is 0 Å². The zero-order valence-corrected chi connectivity index (χ0v) is 16.9. The van der Waals surface area contributed by atoms with Gasteiger partial charge in [0.15, 0.2) is 0 Å². The van der Waals surface area contributed by atoms with Crippen molar-refractivity contribution in [1.29, 1.82) is 0 Å². The molecule has 0 saturated carbocycles. The summed E-state index contributed by atoms with van der Waals surface area (Å²) >= 11 is 6.96. The first-order valence-corrected chi connectivity index (χ1v) is 9.95. The van der Waals surface area contributed by atoms with E-state index in [1.54, 1.807) is 48.5 Å². The Morgan fingerprint density at radius 3 is 2.50 bits per heavy atom. The fraction of sp³-hybridized carbons (Fsp3) is 0.0476. The lowest BCUT2D eigenvalue weighted by Gasteiger charge is -2.13. The molecule has 150 valence electrons. The van der Waals surface area contributed by atoms with Gasteiger partial charge in [-0.3, -0.25) is 24.6 Å². The lowest BCUT2D eigenvalue weighted by Crippen LogP contribution is -2.27. The molecule has 0 unspecified atom stereocenters. The minimum Gasteiger partial charge on any atom is -0.457 e. The minimum absolute atomic E-state index is 0.0160. The number of nitrogens with zero attached hydrogens (tertiary/aromatic N) is 2. The number of rotatable bonds is 5. The first-order valence-electron chi connectivity index (χ1n) is 8.76. The largest absolute Gasteiger partial charge is 0.457 e. The Morgan fingerprint density at radius 2 is 1.80 bits per heavy atom. The molecular formula is C21H13ClN2O5S. The van der Waals surface area contributed by atoms with Gasteiger partial charge in [-0.15, -0.1) is 0 Å². The Bertz CT molecular complexity index is 1190. The summed E-state index contributed by atoms with van der Waals surface area (Å²) in [7, 11) is 0. The monoisotopic (exact) mass is 440 g/mol. The smallest absolute Gasteiger partial charge is 0.293 e. The quantitative estimate of drug-likeness (QED) is 0.285. The first kappa shape index (κ1) is 19.9. The molecule has 0 N–H and O–H groups in total. The Hall–Kier alpha value is -3.36. The average Bonchev–Trinajstić information content (AvgIpc) is 3.30. The molecule has 2 aromatic carbocycles. The Labute approximate surface area is 180 Å². The highest BCUT2D eigenvalue weighted by Gasteiger charge is 2.35. The molecule has 1 aromatic heterocycles. The van der Waals surface area contributed by atoms with E-state index < -0.39 is 10.8 Å². The molecule has 0 aliphatic carbocycles. The number of furan rings is 1. The second-order valence-corrected chi connectivity index (χ2v) is 7.77. The van der Waals surface area contributed by atoms with E-state index in [1.807, 2.05) is 0 Å². The van der Waals surface area contributed by atoms with Gasteiger partial charge in [-0.2, -0.15) is 0 Å². The van der Waals surface area contributed by atoms with Crippen LogP contribution in [0.25, 0.3) is 17.4 Å². The van der Waals surface area contributed by atoms with Crippen LogP contribution in [-0.4, -0.2) is 21.0 Å². The van der Waals surface area contributed by atoms with Gasteiger partial charge in [-0.25, -0.2) is 0 Å². The molecule has 7 nitrogen and oxygen atoms in total. The van der Waals surface area contributed by atoms with Crippen molar-refractivity contribution in [1.82, 2.24) is 4.90 Å². The van der Waals surface area contributed by atoms with Gasteiger partial charge in [-0.1, -0.05) is 29.8 Å². The Kier molecular flexibility index (Phi) is 5.43. The molecule has 0 bridgehead atoms. The highest BCUT2D eigenvalue weighted by atomic mass is 35.5. The van der Waals surface area contributed by atoms with E-state index in [0.29, 0.717) is 27.7 Å². The van der Waals surface area contributed by atoms with Crippen LogP contribution >= 0.6 is 23.4 Å². The van der Waals surface area contributed by atoms with Crippen molar-refractivity contribution in [3.8, 4) is 11.3 Å². The second-order valence-electron chi connectivity index (χ2n) is 6.37. The number of halogens is 1. The molecule has 1 aliphatic rings. The highest BCUT2D eigenvalue weighted by Crippen LogP contribution is 2.35. The minimum atomic E-state index is -0.476. The molecule has 4 rings (SSSR count). The van der Waals surface area contributed by atoms with Crippen LogP contribution in [0.2, 0.25) is 5.02 Å². The van der Waals surface area contributed by atoms with Gasteiger partial charge in [0, 0.05) is 28.8 Å². The molecule has 2 heterocycles. The second kappa shape index (κ2) is 8.17. The maximum absolute atomic E-state index is 12.7. The molecule has 0 radical (unpaired) electrons. The maximum Gasteiger partial charge on any atom is 0.293 e. The maximum atomic E-state index is 12.7. The molecule has 3 aromatic rings. The fourth-order valence-corrected chi connectivity index (χ4v) is 3.91. The van der Waals surface area contributed by atoms with Crippen molar-refractivity contribution in [2.45, 2.75) is 6.54 Å². The van der Waals surface area contributed by atoms with Crippen LogP contribution in [0.5, 0.6) is 0 Å². The number of amides is 2. The van der Waals surface area contributed by atoms with Gasteiger partial charge in [0.2, 0.25) is 0 Å². The first-order chi connectivity index (χ1) is 14.4. The fourth-order valence-electron chi connectivity index (χ4n) is 2.90. The number of thioether (sulfide) groups is 1. The van der Waals surface area contributed by atoms with Crippen molar-refractivity contribution in [2.75, 3.05) is 0 Å². The summed E-state index contributed by atoms with van der Waals surface area (Å²) in [4.78, 5) is 36.7.